The highest BCUT2D eigenvalue weighted by Gasteiger charge is 2.21. The number of hydrogen-bond acceptors (Lipinski definition) is 6. The van der Waals surface area contributed by atoms with Crippen molar-refractivity contribution in [1.29, 1.82) is 0 Å². The number of hydrogen-bond donors (Lipinski definition) is 3. The van der Waals surface area contributed by atoms with Gasteiger partial charge >= 0.3 is 0 Å². The number of carbonyl (C=O) groups is 1. The predicted molar refractivity (Wildman–Crippen MR) is 120 cm³/mol. The Labute approximate surface area is 185 Å². The molecule has 0 atom stereocenters. The van der Waals surface area contributed by atoms with Gasteiger partial charge in [0.25, 0.3) is 5.91 Å². The molecule has 1 saturated carbocycles. The predicted octanol–water partition coefficient (Wildman–Crippen LogP) is 3.45. The Bertz CT molecular complexity index is 1140. The van der Waals surface area contributed by atoms with Gasteiger partial charge in [-0.2, -0.15) is 0 Å². The Balaban J connectivity index is 1.92. The molecule has 1 fully saturated rings. The maximum atomic E-state index is 13.1. The number of anilines is 1. The Hall–Kier alpha value is -2.91. The lowest BCUT2D eigenvalue weighted by molar-refractivity contribution is -0.111. The summed E-state index contributed by atoms with van der Waals surface area (Å²) < 4.78 is 23.7. The summed E-state index contributed by atoms with van der Waals surface area (Å²) in [5, 5.41) is 14.5. The lowest BCUT2D eigenvalue weighted by atomic mass is 9.98. The first-order valence-corrected chi connectivity index (χ1v) is 11.9. The summed E-state index contributed by atoms with van der Waals surface area (Å²) in [7, 11) is -3.48. The average molecular weight is 463 g/mol. The molecule has 1 aromatic heterocycles. The smallest absolute Gasteiger partial charge is 0.257 e. The number of nitrogens with two attached hydrogens (primary N) is 1. The molecular weight excluding hydrogens is 440 g/mol. The molecule has 1 aromatic carbocycles. The van der Waals surface area contributed by atoms with Gasteiger partial charge in [0, 0.05) is 23.6 Å². The third-order valence-electron chi connectivity index (χ3n) is 5.10. The van der Waals surface area contributed by atoms with Crippen LogP contribution in [0.4, 0.5) is 5.82 Å². The minimum absolute atomic E-state index is 0.0129. The zero-order valence-corrected chi connectivity index (χ0v) is 18.4. The highest BCUT2D eigenvalue weighted by atomic mass is 35.5. The average Bonchev–Trinajstić information content (AvgIpc) is 3.24. The summed E-state index contributed by atoms with van der Waals surface area (Å²) >= 11 is 6.21. The number of allylic oxidation sites excluding steroid dienone is 1. The Morgan fingerprint density at radius 3 is 2.48 bits per heavy atom. The zero-order valence-electron chi connectivity index (χ0n) is 16.9. The van der Waals surface area contributed by atoms with E-state index >= 15 is 0 Å². The largest absolute Gasteiger partial charge is 0.409 e. The van der Waals surface area contributed by atoms with Gasteiger partial charge in [-0.05, 0) is 48.6 Å². The molecule has 4 N–H and O–H groups in total. The minimum atomic E-state index is -3.48. The van der Waals surface area contributed by atoms with Crippen LogP contribution in [0.15, 0.2) is 52.7 Å². The third-order valence-corrected chi connectivity index (χ3v) is 6.68. The molecule has 2 aromatic rings. The maximum Gasteiger partial charge on any atom is 0.257 e. The maximum absolute atomic E-state index is 13.1. The van der Waals surface area contributed by atoms with Gasteiger partial charge in [-0.25, -0.2) is 13.4 Å². The first-order chi connectivity index (χ1) is 14.7. The van der Waals surface area contributed by atoms with E-state index in [2.05, 4.69) is 15.5 Å². The number of amidine groups is 1. The van der Waals surface area contributed by atoms with Crippen molar-refractivity contribution in [2.24, 2.45) is 16.8 Å². The van der Waals surface area contributed by atoms with Crippen molar-refractivity contribution in [3.05, 3.63) is 58.8 Å². The molecule has 1 amide bonds. The van der Waals surface area contributed by atoms with Crippen LogP contribution in [0.3, 0.4) is 0 Å². The molecule has 1 heterocycles. The van der Waals surface area contributed by atoms with Crippen LogP contribution in [0.2, 0.25) is 5.02 Å². The van der Waals surface area contributed by atoms with Crippen molar-refractivity contribution < 1.29 is 18.4 Å². The number of oxime groups is 1. The van der Waals surface area contributed by atoms with E-state index in [9.17, 15) is 13.2 Å². The third kappa shape index (κ3) is 5.62. The zero-order chi connectivity index (χ0) is 22.6. The molecule has 0 spiro atoms. The second-order valence-electron chi connectivity index (χ2n) is 7.41. The molecule has 8 nitrogen and oxygen atoms in total. The normalized spacial score (nSPS) is 15.8. The molecule has 164 valence electrons. The summed E-state index contributed by atoms with van der Waals surface area (Å²) in [6.07, 6.45) is 8.54. The molecule has 0 radical (unpaired) electrons. The number of carbonyl (C=O) groups excluding carboxylic acids is 1. The standard InChI is InChI=1S/C21H23ClN4O4S/c1-31(29,30)18-8-6-14(11-17(18)22)16(10-13-4-2-3-5-13)21(27)25-19-9-7-15(12-24-19)20(23)26-28/h6-13,28H,2-5H2,1H3,(H2,23,26)(H,24,25,27)/b16-10+. The fourth-order valence-corrected chi connectivity index (χ4v) is 4.82. The second kappa shape index (κ2) is 9.49. The van der Waals surface area contributed by atoms with Gasteiger partial charge in [0.1, 0.15) is 5.82 Å². The number of rotatable bonds is 6. The highest BCUT2D eigenvalue weighted by Crippen LogP contribution is 2.32. The Kier molecular flexibility index (Phi) is 6.97. The quantitative estimate of drug-likeness (QED) is 0.198. The fourth-order valence-electron chi connectivity index (χ4n) is 3.49. The minimum Gasteiger partial charge on any atom is -0.409 e. The van der Waals surface area contributed by atoms with E-state index in [1.165, 1.54) is 24.4 Å². The van der Waals surface area contributed by atoms with Crippen LogP contribution in [-0.4, -0.2) is 36.6 Å². The van der Waals surface area contributed by atoms with E-state index < -0.39 is 9.84 Å². The van der Waals surface area contributed by atoms with Gasteiger partial charge < -0.3 is 16.3 Å². The molecule has 0 aliphatic heterocycles. The van der Waals surface area contributed by atoms with Gasteiger partial charge in [-0.1, -0.05) is 41.7 Å². The number of amides is 1. The molecule has 0 unspecified atom stereocenters. The monoisotopic (exact) mass is 462 g/mol. The van der Waals surface area contributed by atoms with Crippen LogP contribution in [0.1, 0.15) is 36.8 Å². The van der Waals surface area contributed by atoms with E-state index in [4.69, 9.17) is 22.5 Å². The summed E-state index contributed by atoms with van der Waals surface area (Å²) in [6.45, 7) is 0. The fraction of sp³-hybridized carbons (Fsp3) is 0.286. The molecule has 3 rings (SSSR count). The van der Waals surface area contributed by atoms with Crippen molar-refractivity contribution >= 4 is 44.6 Å². The van der Waals surface area contributed by atoms with Gasteiger partial charge in [0.05, 0.1) is 9.92 Å². The first kappa shape index (κ1) is 22.8. The van der Waals surface area contributed by atoms with E-state index in [-0.39, 0.29) is 33.4 Å². The van der Waals surface area contributed by atoms with Crippen LogP contribution < -0.4 is 11.1 Å². The molecule has 1 aliphatic carbocycles. The van der Waals surface area contributed by atoms with Crippen LogP contribution in [0.25, 0.3) is 5.57 Å². The first-order valence-electron chi connectivity index (χ1n) is 9.66. The van der Waals surface area contributed by atoms with Crippen LogP contribution in [-0.2, 0) is 14.6 Å². The van der Waals surface area contributed by atoms with Crippen molar-refractivity contribution in [1.82, 2.24) is 4.98 Å². The SMILES string of the molecule is CS(=O)(=O)c1ccc(/C(=C\C2CCCC2)C(=O)Nc2ccc(/C(N)=N\O)cn2)cc1Cl. The Morgan fingerprint density at radius 1 is 1.26 bits per heavy atom. The van der Waals surface area contributed by atoms with Gasteiger partial charge in [-0.3, -0.25) is 4.79 Å². The number of nitrogens with zero attached hydrogens (tertiary/aromatic N) is 2. The van der Waals surface area contributed by atoms with Crippen LogP contribution in [0, 0.1) is 5.92 Å². The summed E-state index contributed by atoms with van der Waals surface area (Å²) in [5.74, 6) is 0.0626. The van der Waals surface area contributed by atoms with Crippen molar-refractivity contribution in [2.45, 2.75) is 30.6 Å². The number of nitrogens with one attached hydrogen (secondary N) is 1. The summed E-state index contributed by atoms with van der Waals surface area (Å²) in [5.41, 5.74) is 6.86. The van der Waals surface area contributed by atoms with Crippen LogP contribution in [0.5, 0.6) is 0 Å². The number of pyridine rings is 1. The lowest BCUT2D eigenvalue weighted by Crippen LogP contribution is -2.17. The molecular formula is C21H23ClN4O4S. The van der Waals surface area contributed by atoms with Gasteiger partial charge in [-0.15, -0.1) is 0 Å². The van der Waals surface area contributed by atoms with E-state index in [0.29, 0.717) is 16.7 Å². The van der Waals surface area contributed by atoms with E-state index in [0.717, 1.165) is 31.9 Å². The molecule has 1 aliphatic rings. The molecule has 0 bridgehead atoms. The van der Waals surface area contributed by atoms with Crippen LogP contribution >= 0.6 is 11.6 Å². The highest BCUT2D eigenvalue weighted by molar-refractivity contribution is 7.90. The van der Waals surface area contributed by atoms with Gasteiger partial charge in [0.15, 0.2) is 15.7 Å². The van der Waals surface area contributed by atoms with E-state index in [1.54, 1.807) is 12.1 Å². The Morgan fingerprint density at radius 2 is 1.94 bits per heavy atom. The lowest BCUT2D eigenvalue weighted by Gasteiger charge is -2.13. The number of aromatic nitrogens is 1. The number of sulfone groups is 1. The number of halogens is 1. The number of benzene rings is 1. The molecule has 31 heavy (non-hydrogen) atoms. The summed E-state index contributed by atoms with van der Waals surface area (Å²) in [4.78, 5) is 17.2. The van der Waals surface area contributed by atoms with Crippen molar-refractivity contribution in [2.75, 3.05) is 11.6 Å². The summed E-state index contributed by atoms with van der Waals surface area (Å²) in [6, 6.07) is 7.59. The van der Waals surface area contributed by atoms with Crippen molar-refractivity contribution in [3.63, 3.8) is 0 Å². The second-order valence-corrected chi connectivity index (χ2v) is 9.81. The molecule has 0 saturated heterocycles. The molecule has 10 heteroatoms. The van der Waals surface area contributed by atoms with Crippen molar-refractivity contribution in [3.8, 4) is 0 Å². The van der Waals surface area contributed by atoms with E-state index in [1.807, 2.05) is 6.08 Å². The topological polar surface area (TPSA) is 135 Å². The van der Waals surface area contributed by atoms with Gasteiger partial charge in [0.2, 0.25) is 0 Å².